The van der Waals surface area contributed by atoms with Crippen molar-refractivity contribution in [3.8, 4) is 11.6 Å². The molecule has 7 heteroatoms. The lowest BCUT2D eigenvalue weighted by Crippen LogP contribution is -2.08. The average molecular weight is 430 g/mol. The minimum atomic E-state index is -0.536. The van der Waals surface area contributed by atoms with Gasteiger partial charge in [0.2, 0.25) is 5.88 Å². The van der Waals surface area contributed by atoms with Gasteiger partial charge in [0.1, 0.15) is 5.75 Å². The largest absolute Gasteiger partial charge is 0.493 e. The van der Waals surface area contributed by atoms with Crippen LogP contribution in [0.1, 0.15) is 13.8 Å². The Bertz CT molecular complexity index is 995. The number of amides is 1. The Hall–Kier alpha value is -2.67. The molecule has 0 aliphatic rings. The van der Waals surface area contributed by atoms with E-state index in [1.807, 2.05) is 42.5 Å². The predicted molar refractivity (Wildman–Crippen MR) is 108 cm³/mol. The molecule has 0 atom stereocenters. The van der Waals surface area contributed by atoms with Crippen molar-refractivity contribution in [3.63, 3.8) is 0 Å². The van der Waals surface area contributed by atoms with E-state index < -0.39 is 5.91 Å². The molecule has 1 aromatic heterocycles. The Morgan fingerprint density at radius 2 is 1.89 bits per heavy atom. The number of azo groups is 1. The summed E-state index contributed by atoms with van der Waals surface area (Å²) in [6.07, 6.45) is 0. The van der Waals surface area contributed by atoms with Gasteiger partial charge in [0, 0.05) is 11.9 Å². The van der Waals surface area contributed by atoms with Gasteiger partial charge in [-0.05, 0) is 40.0 Å². The fourth-order valence-electron chi connectivity index (χ4n) is 2.76. The van der Waals surface area contributed by atoms with Crippen molar-refractivity contribution in [1.82, 2.24) is 4.57 Å². The second kappa shape index (κ2) is 8.35. The number of halogens is 1. The van der Waals surface area contributed by atoms with Crippen LogP contribution >= 0.6 is 15.9 Å². The molecule has 0 fully saturated rings. The van der Waals surface area contributed by atoms with Crippen LogP contribution in [0.4, 0.5) is 5.69 Å². The molecule has 6 nitrogen and oxygen atoms in total. The SMILES string of the molecule is CC(C)Cn1c(O)c(N=NC(=O)COc2ccccc2Br)c2ccccc21. The summed E-state index contributed by atoms with van der Waals surface area (Å²) in [4.78, 5) is 12.0. The van der Waals surface area contributed by atoms with E-state index in [1.54, 1.807) is 10.6 Å². The number of carbonyl (C=O) groups excluding carboxylic acids is 1. The lowest BCUT2D eigenvalue weighted by Gasteiger charge is -2.09. The van der Waals surface area contributed by atoms with Gasteiger partial charge in [-0.25, -0.2) is 0 Å². The highest BCUT2D eigenvalue weighted by Crippen LogP contribution is 2.39. The Morgan fingerprint density at radius 3 is 2.63 bits per heavy atom. The quantitative estimate of drug-likeness (QED) is 0.528. The van der Waals surface area contributed by atoms with Crippen molar-refractivity contribution in [1.29, 1.82) is 0 Å². The molecule has 0 aliphatic carbocycles. The minimum Gasteiger partial charge on any atom is -0.493 e. The second-order valence-electron chi connectivity index (χ2n) is 6.51. The Balaban J connectivity index is 1.80. The highest BCUT2D eigenvalue weighted by molar-refractivity contribution is 9.10. The molecule has 0 saturated heterocycles. The van der Waals surface area contributed by atoms with Crippen LogP contribution in [0, 0.1) is 5.92 Å². The second-order valence-corrected chi connectivity index (χ2v) is 7.36. The van der Waals surface area contributed by atoms with Gasteiger partial charge in [-0.3, -0.25) is 4.79 Å². The summed E-state index contributed by atoms with van der Waals surface area (Å²) in [6, 6.07) is 14.8. The first-order valence-corrected chi connectivity index (χ1v) is 9.38. The Kier molecular flexibility index (Phi) is 5.91. The lowest BCUT2D eigenvalue weighted by molar-refractivity contribution is -0.120. The number of ether oxygens (including phenoxy) is 1. The topological polar surface area (TPSA) is 76.2 Å². The van der Waals surface area contributed by atoms with Gasteiger partial charge in [0.25, 0.3) is 0 Å². The van der Waals surface area contributed by atoms with Gasteiger partial charge in [-0.1, -0.05) is 44.2 Å². The molecule has 1 heterocycles. The first-order chi connectivity index (χ1) is 13.0. The van der Waals surface area contributed by atoms with Gasteiger partial charge in [-0.2, -0.15) is 0 Å². The first kappa shape index (κ1) is 19.1. The molecule has 3 rings (SSSR count). The summed E-state index contributed by atoms with van der Waals surface area (Å²) in [5, 5.41) is 19.1. The molecule has 0 aliphatic heterocycles. The number of hydrogen-bond acceptors (Lipinski definition) is 4. The van der Waals surface area contributed by atoms with Crippen LogP contribution in [0.3, 0.4) is 0 Å². The zero-order chi connectivity index (χ0) is 19.4. The molecule has 0 radical (unpaired) electrons. The van der Waals surface area contributed by atoms with Crippen LogP contribution in [0.5, 0.6) is 11.6 Å². The van der Waals surface area contributed by atoms with Gasteiger partial charge in [-0.15, -0.1) is 10.2 Å². The van der Waals surface area contributed by atoms with Crippen molar-refractivity contribution in [3.05, 3.63) is 53.0 Å². The van der Waals surface area contributed by atoms with Gasteiger partial charge < -0.3 is 14.4 Å². The summed E-state index contributed by atoms with van der Waals surface area (Å²) in [7, 11) is 0. The molecule has 1 amide bonds. The van der Waals surface area contributed by atoms with E-state index in [4.69, 9.17) is 4.74 Å². The molecule has 27 heavy (non-hydrogen) atoms. The fourth-order valence-corrected chi connectivity index (χ4v) is 3.16. The van der Waals surface area contributed by atoms with Gasteiger partial charge >= 0.3 is 5.91 Å². The average Bonchev–Trinajstić information content (AvgIpc) is 2.90. The van der Waals surface area contributed by atoms with Crippen molar-refractivity contribution >= 4 is 38.4 Å². The summed E-state index contributed by atoms with van der Waals surface area (Å²) in [5.41, 5.74) is 1.15. The Labute approximate surface area is 165 Å². The zero-order valence-corrected chi connectivity index (χ0v) is 16.7. The van der Waals surface area contributed by atoms with E-state index in [2.05, 4.69) is 40.0 Å². The molecule has 3 aromatic rings. The monoisotopic (exact) mass is 429 g/mol. The maximum atomic E-state index is 12.0. The third kappa shape index (κ3) is 4.36. The number of fused-ring (bicyclic) bond motifs is 1. The van der Waals surface area contributed by atoms with Crippen LogP contribution in [0.2, 0.25) is 0 Å². The molecule has 1 N–H and O–H groups in total. The van der Waals surface area contributed by atoms with Crippen molar-refractivity contribution in [2.75, 3.05) is 6.61 Å². The Morgan fingerprint density at radius 1 is 1.19 bits per heavy atom. The third-order valence-electron chi connectivity index (χ3n) is 3.91. The van der Waals surface area contributed by atoms with Crippen LogP contribution in [0.15, 0.2) is 63.2 Å². The zero-order valence-electron chi connectivity index (χ0n) is 15.1. The lowest BCUT2D eigenvalue weighted by atomic mass is 10.2. The maximum absolute atomic E-state index is 12.0. The number of rotatable bonds is 6. The smallest absolute Gasteiger partial charge is 0.302 e. The summed E-state index contributed by atoms with van der Waals surface area (Å²) in [6.45, 7) is 4.54. The molecule has 0 bridgehead atoms. The van der Waals surface area contributed by atoms with E-state index in [0.717, 1.165) is 15.4 Å². The first-order valence-electron chi connectivity index (χ1n) is 8.59. The number of aromatic nitrogens is 1. The van der Waals surface area contributed by atoms with E-state index in [1.165, 1.54) is 0 Å². The molecule has 0 saturated carbocycles. The molecular weight excluding hydrogens is 410 g/mol. The van der Waals surface area contributed by atoms with Crippen molar-refractivity contribution in [2.24, 2.45) is 16.1 Å². The number of hydrogen-bond donors (Lipinski definition) is 1. The number of carbonyl (C=O) groups is 1. The third-order valence-corrected chi connectivity index (χ3v) is 4.57. The predicted octanol–water partition coefficient (Wildman–Crippen LogP) is 5.45. The van der Waals surface area contributed by atoms with Crippen LogP contribution in [-0.4, -0.2) is 22.2 Å². The highest BCUT2D eigenvalue weighted by atomic mass is 79.9. The van der Waals surface area contributed by atoms with Crippen LogP contribution in [0.25, 0.3) is 10.9 Å². The summed E-state index contributed by atoms with van der Waals surface area (Å²) >= 11 is 3.35. The number of para-hydroxylation sites is 2. The fraction of sp³-hybridized carbons (Fsp3) is 0.250. The van der Waals surface area contributed by atoms with Crippen molar-refractivity contribution < 1.29 is 14.6 Å². The number of nitrogens with zero attached hydrogens (tertiary/aromatic N) is 3. The van der Waals surface area contributed by atoms with E-state index in [9.17, 15) is 9.90 Å². The molecular formula is C20H20BrN3O3. The highest BCUT2D eigenvalue weighted by Gasteiger charge is 2.17. The van der Waals surface area contributed by atoms with E-state index >= 15 is 0 Å². The van der Waals surface area contributed by atoms with E-state index in [0.29, 0.717) is 23.9 Å². The molecule has 2 aromatic carbocycles. The normalized spacial score (nSPS) is 11.6. The van der Waals surface area contributed by atoms with Crippen LogP contribution in [-0.2, 0) is 11.3 Å². The summed E-state index contributed by atoms with van der Waals surface area (Å²) < 4.78 is 7.99. The molecule has 0 spiro atoms. The van der Waals surface area contributed by atoms with Crippen LogP contribution < -0.4 is 4.74 Å². The number of aromatic hydroxyl groups is 1. The molecule has 0 unspecified atom stereocenters. The summed E-state index contributed by atoms with van der Waals surface area (Å²) in [5.74, 6) is 0.368. The number of benzene rings is 2. The van der Waals surface area contributed by atoms with E-state index in [-0.39, 0.29) is 12.5 Å². The maximum Gasteiger partial charge on any atom is 0.302 e. The van der Waals surface area contributed by atoms with Gasteiger partial charge in [0.15, 0.2) is 12.3 Å². The molecule has 140 valence electrons. The van der Waals surface area contributed by atoms with Crippen molar-refractivity contribution in [2.45, 2.75) is 20.4 Å². The standard InChI is InChI=1S/C20H20BrN3O3/c1-13(2)11-24-16-9-5-3-7-14(16)19(20(24)26)23-22-18(25)12-27-17-10-6-4-8-15(17)21/h3-10,13,26H,11-12H2,1-2H3. The minimum absolute atomic E-state index is 0.00757. The van der Waals surface area contributed by atoms with Gasteiger partial charge in [0.05, 0.1) is 9.99 Å².